The molecule has 2 aliphatic heterocycles. The highest BCUT2D eigenvalue weighted by molar-refractivity contribution is 5.88. The zero-order chi connectivity index (χ0) is 19.1. The van der Waals surface area contributed by atoms with Crippen LogP contribution in [0.1, 0.15) is 24.0 Å². The molecule has 0 unspecified atom stereocenters. The van der Waals surface area contributed by atoms with E-state index in [-0.39, 0.29) is 5.60 Å². The quantitative estimate of drug-likeness (QED) is 0.753. The van der Waals surface area contributed by atoms with Gasteiger partial charge in [-0.25, -0.2) is 4.98 Å². The van der Waals surface area contributed by atoms with Gasteiger partial charge in [0.15, 0.2) is 11.5 Å². The van der Waals surface area contributed by atoms with E-state index in [1.807, 2.05) is 18.5 Å². The fourth-order valence-electron chi connectivity index (χ4n) is 4.58. The smallest absolute Gasteiger partial charge is 0.161 e. The number of H-pyrrole nitrogens is 1. The molecular weight excluding hydrogens is 356 g/mol. The number of piperidine rings is 1. The number of aromatic amines is 1. The predicted molar refractivity (Wildman–Crippen MR) is 106 cm³/mol. The molecule has 0 atom stereocenters. The molecule has 1 aromatic carbocycles. The summed E-state index contributed by atoms with van der Waals surface area (Å²) in [6.07, 6.45) is 6.41. The molecule has 7 heteroatoms. The lowest BCUT2D eigenvalue weighted by Gasteiger charge is -2.45. The standard InChI is InChI=1S/C21H24N4O3/c1-26-18-11-14-4-10-28-21(16(14)12-19(18)27-2)5-8-25(9-6-21)20-15-13-23-24-17(15)3-7-22-20/h3,7,11-13H,4-6,8-10H2,1-2H3,(H,23,24). The minimum absolute atomic E-state index is 0.270. The number of hydrogen-bond donors (Lipinski definition) is 1. The molecule has 3 aromatic rings. The van der Waals surface area contributed by atoms with E-state index in [1.54, 1.807) is 14.2 Å². The summed E-state index contributed by atoms with van der Waals surface area (Å²) >= 11 is 0. The molecule has 2 aromatic heterocycles. The van der Waals surface area contributed by atoms with E-state index in [0.717, 1.165) is 67.2 Å². The van der Waals surface area contributed by atoms with Gasteiger partial charge in [0.1, 0.15) is 5.82 Å². The first-order valence-corrected chi connectivity index (χ1v) is 9.66. The van der Waals surface area contributed by atoms with E-state index in [2.05, 4.69) is 32.2 Å². The molecule has 7 nitrogen and oxygen atoms in total. The summed E-state index contributed by atoms with van der Waals surface area (Å²) in [5.74, 6) is 2.54. The molecule has 1 N–H and O–H groups in total. The van der Waals surface area contributed by atoms with Gasteiger partial charge in [-0.2, -0.15) is 5.10 Å². The molecule has 0 aliphatic carbocycles. The van der Waals surface area contributed by atoms with Crippen LogP contribution in [0.5, 0.6) is 11.5 Å². The molecule has 0 bridgehead atoms. The van der Waals surface area contributed by atoms with Crippen molar-refractivity contribution in [2.45, 2.75) is 24.9 Å². The van der Waals surface area contributed by atoms with Crippen LogP contribution in [0.2, 0.25) is 0 Å². The maximum Gasteiger partial charge on any atom is 0.161 e. The van der Waals surface area contributed by atoms with Gasteiger partial charge in [-0.15, -0.1) is 0 Å². The molecule has 146 valence electrons. The maximum atomic E-state index is 6.40. The van der Waals surface area contributed by atoms with Gasteiger partial charge >= 0.3 is 0 Å². The number of rotatable bonds is 3. The molecule has 0 saturated carbocycles. The third-order valence-corrected chi connectivity index (χ3v) is 6.07. The lowest BCUT2D eigenvalue weighted by Crippen LogP contribution is -2.47. The Morgan fingerprint density at radius 1 is 1.14 bits per heavy atom. The van der Waals surface area contributed by atoms with Crippen LogP contribution in [-0.2, 0) is 16.8 Å². The zero-order valence-electron chi connectivity index (χ0n) is 16.2. The lowest BCUT2D eigenvalue weighted by atomic mass is 9.79. The van der Waals surface area contributed by atoms with Crippen LogP contribution in [0.25, 0.3) is 10.9 Å². The number of pyridine rings is 1. The number of ether oxygens (including phenoxy) is 3. The Hall–Kier alpha value is -2.80. The summed E-state index contributed by atoms with van der Waals surface area (Å²) < 4.78 is 17.5. The average Bonchev–Trinajstić information content (AvgIpc) is 3.23. The highest BCUT2D eigenvalue weighted by atomic mass is 16.5. The summed E-state index contributed by atoms with van der Waals surface area (Å²) in [6, 6.07) is 6.17. The molecule has 5 rings (SSSR count). The van der Waals surface area contributed by atoms with Crippen molar-refractivity contribution in [2.24, 2.45) is 0 Å². The maximum absolute atomic E-state index is 6.40. The molecule has 0 radical (unpaired) electrons. The summed E-state index contributed by atoms with van der Waals surface area (Å²) in [5.41, 5.74) is 3.29. The molecule has 28 heavy (non-hydrogen) atoms. The zero-order valence-corrected chi connectivity index (χ0v) is 16.2. The van der Waals surface area contributed by atoms with E-state index in [4.69, 9.17) is 14.2 Å². The topological polar surface area (TPSA) is 72.5 Å². The first kappa shape index (κ1) is 17.3. The van der Waals surface area contributed by atoms with Crippen molar-refractivity contribution in [3.8, 4) is 11.5 Å². The van der Waals surface area contributed by atoms with Gasteiger partial charge in [0.05, 0.1) is 43.5 Å². The lowest BCUT2D eigenvalue weighted by molar-refractivity contribution is -0.0768. The van der Waals surface area contributed by atoms with E-state index in [9.17, 15) is 0 Å². The third-order valence-electron chi connectivity index (χ3n) is 6.07. The van der Waals surface area contributed by atoms with Crippen LogP contribution >= 0.6 is 0 Å². The number of fused-ring (bicyclic) bond motifs is 3. The highest BCUT2D eigenvalue weighted by Gasteiger charge is 2.42. The van der Waals surface area contributed by atoms with Crippen LogP contribution < -0.4 is 14.4 Å². The normalized spacial score (nSPS) is 18.3. The monoisotopic (exact) mass is 380 g/mol. The number of anilines is 1. The molecule has 2 aliphatic rings. The molecule has 1 fully saturated rings. The fraction of sp³-hybridized carbons (Fsp3) is 0.429. The Bertz CT molecular complexity index is 1010. The molecular formula is C21H24N4O3. The number of nitrogens with one attached hydrogen (secondary N) is 1. The van der Waals surface area contributed by atoms with Gasteiger partial charge in [-0.05, 0) is 48.6 Å². The Balaban J connectivity index is 1.46. The second-order valence-corrected chi connectivity index (χ2v) is 7.41. The summed E-state index contributed by atoms with van der Waals surface area (Å²) in [5, 5.41) is 8.25. The summed E-state index contributed by atoms with van der Waals surface area (Å²) in [6.45, 7) is 2.49. The van der Waals surface area contributed by atoms with Crippen molar-refractivity contribution in [2.75, 3.05) is 38.8 Å². The Morgan fingerprint density at radius 3 is 2.71 bits per heavy atom. The van der Waals surface area contributed by atoms with E-state index in [0.29, 0.717) is 0 Å². The van der Waals surface area contributed by atoms with Gasteiger partial charge in [0.25, 0.3) is 0 Å². The number of aromatic nitrogens is 3. The number of hydrogen-bond acceptors (Lipinski definition) is 6. The first-order valence-electron chi connectivity index (χ1n) is 9.66. The van der Waals surface area contributed by atoms with Crippen molar-refractivity contribution in [3.05, 3.63) is 41.7 Å². The first-order chi connectivity index (χ1) is 13.7. The molecule has 1 spiro atoms. The van der Waals surface area contributed by atoms with Gasteiger partial charge in [0, 0.05) is 19.3 Å². The molecule has 0 amide bonds. The van der Waals surface area contributed by atoms with Crippen LogP contribution in [-0.4, -0.2) is 49.1 Å². The van der Waals surface area contributed by atoms with Gasteiger partial charge in [-0.1, -0.05) is 0 Å². The van der Waals surface area contributed by atoms with Crippen molar-refractivity contribution in [1.29, 1.82) is 0 Å². The largest absolute Gasteiger partial charge is 0.493 e. The minimum atomic E-state index is -0.270. The van der Waals surface area contributed by atoms with Crippen molar-refractivity contribution in [3.63, 3.8) is 0 Å². The Labute approximate surface area is 163 Å². The van der Waals surface area contributed by atoms with Crippen molar-refractivity contribution < 1.29 is 14.2 Å². The third kappa shape index (κ3) is 2.61. The van der Waals surface area contributed by atoms with Crippen LogP contribution in [0.4, 0.5) is 5.82 Å². The van der Waals surface area contributed by atoms with Gasteiger partial charge in [-0.3, -0.25) is 5.10 Å². The van der Waals surface area contributed by atoms with E-state index >= 15 is 0 Å². The number of nitrogens with zero attached hydrogens (tertiary/aromatic N) is 3. The predicted octanol–water partition coefficient (Wildman–Crippen LogP) is 3.04. The van der Waals surface area contributed by atoms with Crippen LogP contribution in [0.15, 0.2) is 30.6 Å². The van der Waals surface area contributed by atoms with E-state index < -0.39 is 0 Å². The molecule has 1 saturated heterocycles. The van der Waals surface area contributed by atoms with Crippen LogP contribution in [0, 0.1) is 0 Å². The second-order valence-electron chi connectivity index (χ2n) is 7.41. The Morgan fingerprint density at radius 2 is 1.93 bits per heavy atom. The van der Waals surface area contributed by atoms with Crippen molar-refractivity contribution >= 4 is 16.7 Å². The SMILES string of the molecule is COc1cc2c(cc1OC)C1(CCN(c3nccc4[nH]ncc34)CC1)OCC2. The number of methoxy groups -OCH3 is 2. The molecule has 4 heterocycles. The number of benzene rings is 1. The van der Waals surface area contributed by atoms with Gasteiger partial charge < -0.3 is 19.1 Å². The summed E-state index contributed by atoms with van der Waals surface area (Å²) in [7, 11) is 3.36. The minimum Gasteiger partial charge on any atom is -0.493 e. The van der Waals surface area contributed by atoms with Crippen LogP contribution in [0.3, 0.4) is 0 Å². The van der Waals surface area contributed by atoms with Crippen molar-refractivity contribution in [1.82, 2.24) is 15.2 Å². The fourth-order valence-corrected chi connectivity index (χ4v) is 4.58. The summed E-state index contributed by atoms with van der Waals surface area (Å²) in [4.78, 5) is 6.95. The highest BCUT2D eigenvalue weighted by Crippen LogP contribution is 2.46. The Kier molecular flexibility index (Phi) is 4.12. The average molecular weight is 380 g/mol. The van der Waals surface area contributed by atoms with Gasteiger partial charge in [0.2, 0.25) is 0 Å². The second kappa shape index (κ2) is 6.67. The van der Waals surface area contributed by atoms with E-state index in [1.165, 1.54) is 11.1 Å².